The highest BCUT2D eigenvalue weighted by Gasteiger charge is 2.12. The molecule has 0 saturated carbocycles. The third-order valence-corrected chi connectivity index (χ3v) is 4.08. The van der Waals surface area contributed by atoms with E-state index in [1.54, 1.807) is 23.5 Å². The maximum Gasteiger partial charge on any atom is 0.387 e. The van der Waals surface area contributed by atoms with Crippen LogP contribution < -0.4 is 4.74 Å². The third kappa shape index (κ3) is 4.36. The highest BCUT2D eigenvalue weighted by molar-refractivity contribution is 7.13. The highest BCUT2D eigenvalue weighted by Crippen LogP contribution is 2.22. The molecule has 0 N–H and O–H groups in total. The average molecular weight is 351 g/mol. The maximum atomic E-state index is 12.1. The lowest BCUT2D eigenvalue weighted by atomic mass is 10.2. The number of rotatable bonds is 7. The molecule has 0 saturated heterocycles. The van der Waals surface area contributed by atoms with E-state index in [-0.39, 0.29) is 5.75 Å². The van der Waals surface area contributed by atoms with Crippen LogP contribution in [-0.2, 0) is 13.1 Å². The summed E-state index contributed by atoms with van der Waals surface area (Å²) in [6.45, 7) is -1.70. The second-order valence-electron chi connectivity index (χ2n) is 5.18. The van der Waals surface area contributed by atoms with Crippen molar-refractivity contribution in [2.24, 2.45) is 0 Å². The first-order chi connectivity index (χ1) is 11.6. The Hall–Kier alpha value is -2.32. The standard InChI is InChI=1S/C16H15F2N3O2S/c1-21(9-11-4-6-12(7-5-11)22-16(17)18)10-14-19-15(20-23-14)13-3-2-8-24-13/h2-8,16H,9-10H2,1H3. The van der Waals surface area contributed by atoms with Crippen LogP contribution in [0.15, 0.2) is 46.3 Å². The quantitative estimate of drug-likeness (QED) is 0.643. The van der Waals surface area contributed by atoms with Crippen molar-refractivity contribution < 1.29 is 18.0 Å². The predicted octanol–water partition coefficient (Wildman–Crippen LogP) is 4.03. The summed E-state index contributed by atoms with van der Waals surface area (Å²) in [4.78, 5) is 7.32. The molecule has 2 aromatic heterocycles. The Morgan fingerprint density at radius 3 is 2.67 bits per heavy atom. The van der Waals surface area contributed by atoms with Crippen molar-refractivity contribution in [2.75, 3.05) is 7.05 Å². The van der Waals surface area contributed by atoms with Crippen molar-refractivity contribution in [2.45, 2.75) is 19.7 Å². The van der Waals surface area contributed by atoms with Gasteiger partial charge in [0.1, 0.15) is 5.75 Å². The third-order valence-electron chi connectivity index (χ3n) is 3.22. The van der Waals surface area contributed by atoms with Crippen LogP contribution in [0.5, 0.6) is 5.75 Å². The molecule has 126 valence electrons. The number of thiophene rings is 1. The fourth-order valence-electron chi connectivity index (χ4n) is 2.20. The second-order valence-corrected chi connectivity index (χ2v) is 6.13. The molecule has 0 aliphatic rings. The van der Waals surface area contributed by atoms with Gasteiger partial charge in [0.2, 0.25) is 11.7 Å². The molecule has 0 amide bonds. The molecule has 0 unspecified atom stereocenters. The molecule has 0 bridgehead atoms. The van der Waals surface area contributed by atoms with Crippen LogP contribution in [0.1, 0.15) is 11.5 Å². The lowest BCUT2D eigenvalue weighted by Gasteiger charge is -2.14. The van der Waals surface area contributed by atoms with Crippen molar-refractivity contribution in [1.82, 2.24) is 15.0 Å². The number of aromatic nitrogens is 2. The zero-order valence-electron chi connectivity index (χ0n) is 12.9. The molecule has 3 aromatic rings. The molecule has 0 aliphatic heterocycles. The van der Waals surface area contributed by atoms with E-state index >= 15 is 0 Å². The molecule has 0 aliphatic carbocycles. The summed E-state index contributed by atoms with van der Waals surface area (Å²) in [6.07, 6.45) is 0. The summed E-state index contributed by atoms with van der Waals surface area (Å²) in [7, 11) is 1.92. The van der Waals surface area contributed by atoms with Gasteiger partial charge >= 0.3 is 6.61 Å². The lowest BCUT2D eigenvalue weighted by Crippen LogP contribution is -2.17. The molecule has 8 heteroatoms. The minimum absolute atomic E-state index is 0.147. The largest absolute Gasteiger partial charge is 0.435 e. The van der Waals surface area contributed by atoms with Gasteiger partial charge < -0.3 is 9.26 Å². The fourth-order valence-corrected chi connectivity index (χ4v) is 2.85. The molecule has 5 nitrogen and oxygen atoms in total. The Morgan fingerprint density at radius 1 is 1.21 bits per heavy atom. The summed E-state index contributed by atoms with van der Waals surface area (Å²) in [5.74, 6) is 1.26. The first kappa shape index (κ1) is 16.5. The van der Waals surface area contributed by atoms with E-state index in [1.165, 1.54) is 12.1 Å². The Morgan fingerprint density at radius 2 is 2.00 bits per heavy atom. The van der Waals surface area contributed by atoms with Gasteiger partial charge in [0, 0.05) is 6.54 Å². The number of nitrogens with zero attached hydrogens (tertiary/aromatic N) is 3. The summed E-state index contributed by atoms with van der Waals surface area (Å²) < 4.78 is 33.8. The first-order valence-corrected chi connectivity index (χ1v) is 8.07. The molecular formula is C16H15F2N3O2S. The zero-order valence-corrected chi connectivity index (χ0v) is 13.7. The van der Waals surface area contributed by atoms with Gasteiger partial charge in [0.25, 0.3) is 0 Å². The molecule has 1 aromatic carbocycles. The normalized spacial score (nSPS) is 11.4. The van der Waals surface area contributed by atoms with E-state index in [0.717, 1.165) is 10.4 Å². The molecular weight excluding hydrogens is 336 g/mol. The minimum atomic E-state index is -2.81. The monoisotopic (exact) mass is 351 g/mol. The van der Waals surface area contributed by atoms with Crippen LogP contribution in [0, 0.1) is 0 Å². The average Bonchev–Trinajstić information content (AvgIpc) is 3.19. The summed E-state index contributed by atoms with van der Waals surface area (Å²) in [6, 6.07) is 10.4. The van der Waals surface area contributed by atoms with E-state index in [4.69, 9.17) is 4.52 Å². The van der Waals surface area contributed by atoms with Crippen LogP contribution in [-0.4, -0.2) is 28.7 Å². The minimum Gasteiger partial charge on any atom is -0.435 e. The van der Waals surface area contributed by atoms with Gasteiger partial charge in [-0.1, -0.05) is 23.4 Å². The smallest absolute Gasteiger partial charge is 0.387 e. The van der Waals surface area contributed by atoms with Crippen LogP contribution in [0.2, 0.25) is 0 Å². The SMILES string of the molecule is CN(Cc1ccc(OC(F)F)cc1)Cc1nc(-c2cccs2)no1. The topological polar surface area (TPSA) is 51.4 Å². The number of hydrogen-bond acceptors (Lipinski definition) is 6. The van der Waals surface area contributed by atoms with Gasteiger partial charge in [-0.2, -0.15) is 13.8 Å². The maximum absolute atomic E-state index is 12.1. The van der Waals surface area contributed by atoms with Crippen LogP contribution >= 0.6 is 11.3 Å². The summed E-state index contributed by atoms with van der Waals surface area (Å²) in [5.41, 5.74) is 0.970. The van der Waals surface area contributed by atoms with Gasteiger partial charge in [-0.3, -0.25) is 4.90 Å². The molecule has 0 spiro atoms. The van der Waals surface area contributed by atoms with Crippen LogP contribution in [0.25, 0.3) is 10.7 Å². The van der Waals surface area contributed by atoms with Gasteiger partial charge in [-0.15, -0.1) is 11.3 Å². The second kappa shape index (κ2) is 7.50. The van der Waals surface area contributed by atoms with Gasteiger partial charge in [-0.25, -0.2) is 0 Å². The van der Waals surface area contributed by atoms with Gasteiger partial charge in [-0.05, 0) is 36.2 Å². The zero-order chi connectivity index (χ0) is 16.9. The Bertz CT molecular complexity index is 760. The first-order valence-electron chi connectivity index (χ1n) is 7.19. The molecule has 3 rings (SSSR count). The van der Waals surface area contributed by atoms with Crippen molar-refractivity contribution in [1.29, 1.82) is 0 Å². The molecule has 2 heterocycles. The van der Waals surface area contributed by atoms with E-state index in [2.05, 4.69) is 14.9 Å². The Balaban J connectivity index is 1.56. The highest BCUT2D eigenvalue weighted by atomic mass is 32.1. The van der Waals surface area contributed by atoms with E-state index in [1.807, 2.05) is 29.5 Å². The molecule has 24 heavy (non-hydrogen) atoms. The summed E-state index contributed by atoms with van der Waals surface area (Å²) in [5, 5.41) is 5.93. The van der Waals surface area contributed by atoms with Crippen molar-refractivity contribution in [3.8, 4) is 16.5 Å². The molecule has 0 atom stereocenters. The predicted molar refractivity (Wildman–Crippen MR) is 85.9 cm³/mol. The fraction of sp³-hybridized carbons (Fsp3) is 0.250. The lowest BCUT2D eigenvalue weighted by molar-refractivity contribution is -0.0498. The van der Waals surface area contributed by atoms with E-state index in [9.17, 15) is 8.78 Å². The van der Waals surface area contributed by atoms with Gasteiger partial charge in [0.15, 0.2) is 0 Å². The van der Waals surface area contributed by atoms with Crippen molar-refractivity contribution in [3.63, 3.8) is 0 Å². The molecule has 0 fully saturated rings. The Labute approximate surface area is 141 Å². The number of alkyl halides is 2. The van der Waals surface area contributed by atoms with Crippen molar-refractivity contribution >= 4 is 11.3 Å². The number of benzene rings is 1. The van der Waals surface area contributed by atoms with E-state index in [0.29, 0.717) is 24.8 Å². The Kier molecular flexibility index (Phi) is 5.17. The molecule has 0 radical (unpaired) electrons. The number of halogens is 2. The van der Waals surface area contributed by atoms with Crippen LogP contribution in [0.4, 0.5) is 8.78 Å². The number of ether oxygens (including phenoxy) is 1. The number of hydrogen-bond donors (Lipinski definition) is 0. The summed E-state index contributed by atoms with van der Waals surface area (Å²) >= 11 is 1.55. The van der Waals surface area contributed by atoms with Crippen LogP contribution in [0.3, 0.4) is 0 Å². The van der Waals surface area contributed by atoms with Gasteiger partial charge in [0.05, 0.1) is 11.4 Å². The van der Waals surface area contributed by atoms with E-state index < -0.39 is 6.61 Å². The van der Waals surface area contributed by atoms with Crippen molar-refractivity contribution in [3.05, 3.63) is 53.2 Å².